The molecule has 6 heteroatoms. The van der Waals surface area contributed by atoms with E-state index in [0.717, 1.165) is 31.3 Å². The summed E-state index contributed by atoms with van der Waals surface area (Å²) in [5.74, 6) is 2.51. The van der Waals surface area contributed by atoms with E-state index >= 15 is 0 Å². The number of ether oxygens (including phenoxy) is 2. The smallest absolute Gasteiger partial charge is 0.191 e. The van der Waals surface area contributed by atoms with Crippen LogP contribution in [0.5, 0.6) is 5.75 Å². The molecule has 1 heterocycles. The van der Waals surface area contributed by atoms with E-state index in [2.05, 4.69) is 15.6 Å². The van der Waals surface area contributed by atoms with Gasteiger partial charge in [-0.1, -0.05) is 31.0 Å². The monoisotopic (exact) mass is 485 g/mol. The fourth-order valence-corrected chi connectivity index (χ4v) is 5.23. The highest BCUT2D eigenvalue weighted by atomic mass is 127. The highest BCUT2D eigenvalue weighted by molar-refractivity contribution is 14.0. The van der Waals surface area contributed by atoms with Crippen LogP contribution in [0.1, 0.15) is 38.5 Å². The van der Waals surface area contributed by atoms with Gasteiger partial charge in [-0.15, -0.1) is 24.0 Å². The third kappa shape index (κ3) is 4.21. The third-order valence-corrected chi connectivity index (χ3v) is 6.43. The molecule has 0 amide bonds. The summed E-state index contributed by atoms with van der Waals surface area (Å²) in [6, 6.07) is 10.5. The lowest BCUT2D eigenvalue weighted by molar-refractivity contribution is -0.125. The molecule has 150 valence electrons. The number of halogens is 1. The number of rotatable bonds is 6. The molecule has 3 aliphatic rings. The van der Waals surface area contributed by atoms with Gasteiger partial charge >= 0.3 is 0 Å². The Morgan fingerprint density at radius 1 is 1.26 bits per heavy atom. The molecule has 1 aromatic carbocycles. The fraction of sp³-hybridized carbons (Fsp3) is 0.667. The van der Waals surface area contributed by atoms with E-state index in [1.54, 1.807) is 0 Å². The molecular weight excluding hydrogens is 453 g/mol. The Kier molecular flexibility index (Phi) is 7.25. The minimum atomic E-state index is 0. The molecule has 2 N–H and O–H groups in total. The second-order valence-corrected chi connectivity index (χ2v) is 7.82. The molecule has 1 spiro atoms. The zero-order chi connectivity index (χ0) is 17.8. The minimum absolute atomic E-state index is 0. The fourth-order valence-electron chi connectivity index (χ4n) is 5.23. The van der Waals surface area contributed by atoms with Crippen LogP contribution >= 0.6 is 24.0 Å². The van der Waals surface area contributed by atoms with Crippen molar-refractivity contribution in [1.82, 2.24) is 10.6 Å². The molecule has 1 saturated heterocycles. The largest absolute Gasteiger partial charge is 0.494 e. The molecular formula is C21H32IN3O2. The van der Waals surface area contributed by atoms with Crippen molar-refractivity contribution in [3.05, 3.63) is 30.3 Å². The number of nitrogens with zero attached hydrogens (tertiary/aromatic N) is 1. The zero-order valence-electron chi connectivity index (χ0n) is 16.2. The second-order valence-electron chi connectivity index (χ2n) is 7.82. The van der Waals surface area contributed by atoms with Crippen molar-refractivity contribution in [2.24, 2.45) is 16.3 Å². The van der Waals surface area contributed by atoms with Crippen molar-refractivity contribution < 1.29 is 9.47 Å². The van der Waals surface area contributed by atoms with E-state index in [1.807, 2.05) is 37.4 Å². The first kappa shape index (κ1) is 20.7. The number of hydrogen-bond acceptors (Lipinski definition) is 3. The van der Waals surface area contributed by atoms with Gasteiger partial charge in [-0.3, -0.25) is 4.99 Å². The molecule has 3 atom stereocenters. The van der Waals surface area contributed by atoms with E-state index < -0.39 is 0 Å². The maximum atomic E-state index is 6.07. The quantitative estimate of drug-likeness (QED) is 0.280. The lowest BCUT2D eigenvalue weighted by Gasteiger charge is -2.57. The van der Waals surface area contributed by atoms with Crippen LogP contribution in [0.25, 0.3) is 0 Å². The number of hydrogen-bond donors (Lipinski definition) is 2. The van der Waals surface area contributed by atoms with Gasteiger partial charge in [-0.25, -0.2) is 0 Å². The normalized spacial score (nSPS) is 28.2. The Hall–Kier alpha value is -1.02. The van der Waals surface area contributed by atoms with E-state index in [-0.39, 0.29) is 24.0 Å². The Bertz CT molecular complexity index is 619. The summed E-state index contributed by atoms with van der Waals surface area (Å²) in [7, 11) is 1.86. The van der Waals surface area contributed by atoms with Crippen LogP contribution in [0.4, 0.5) is 0 Å². The maximum Gasteiger partial charge on any atom is 0.191 e. The Labute approximate surface area is 179 Å². The molecule has 0 bridgehead atoms. The van der Waals surface area contributed by atoms with Crippen LogP contribution in [-0.4, -0.2) is 44.9 Å². The number of guanidine groups is 1. The van der Waals surface area contributed by atoms with Gasteiger partial charge in [-0.2, -0.15) is 0 Å². The lowest BCUT2D eigenvalue weighted by atomic mass is 9.54. The van der Waals surface area contributed by atoms with Crippen LogP contribution in [0.3, 0.4) is 0 Å². The van der Waals surface area contributed by atoms with Crippen LogP contribution < -0.4 is 15.4 Å². The molecule has 0 radical (unpaired) electrons. The summed E-state index contributed by atoms with van der Waals surface area (Å²) in [6.45, 7) is 2.49. The topological polar surface area (TPSA) is 54.9 Å². The van der Waals surface area contributed by atoms with Crippen molar-refractivity contribution in [3.8, 4) is 5.75 Å². The van der Waals surface area contributed by atoms with Crippen LogP contribution in [-0.2, 0) is 4.74 Å². The molecule has 5 nitrogen and oxygen atoms in total. The summed E-state index contributed by atoms with van der Waals surface area (Å²) >= 11 is 0. The van der Waals surface area contributed by atoms with E-state index in [1.165, 1.54) is 32.1 Å². The predicted octanol–water partition coefficient (Wildman–Crippen LogP) is 3.59. The van der Waals surface area contributed by atoms with Gasteiger partial charge in [0.15, 0.2) is 5.96 Å². The molecule has 3 fully saturated rings. The van der Waals surface area contributed by atoms with E-state index in [4.69, 9.17) is 9.47 Å². The summed E-state index contributed by atoms with van der Waals surface area (Å²) in [5, 5.41) is 7.19. The van der Waals surface area contributed by atoms with Crippen molar-refractivity contribution in [2.75, 3.05) is 26.8 Å². The van der Waals surface area contributed by atoms with E-state index in [9.17, 15) is 0 Å². The first-order valence-electron chi connectivity index (χ1n) is 10.1. The average Bonchev–Trinajstić information content (AvgIpc) is 3.33. The van der Waals surface area contributed by atoms with Gasteiger partial charge < -0.3 is 20.1 Å². The van der Waals surface area contributed by atoms with E-state index in [0.29, 0.717) is 30.1 Å². The minimum Gasteiger partial charge on any atom is -0.494 e. The van der Waals surface area contributed by atoms with Crippen molar-refractivity contribution in [2.45, 2.75) is 50.7 Å². The third-order valence-electron chi connectivity index (χ3n) is 6.43. The SMILES string of the molecule is CN=C(NCCCOc1ccccc1)NC1C2CCOC2C12CCCC2.I. The first-order valence-corrected chi connectivity index (χ1v) is 10.1. The number of fused-ring (bicyclic) bond motifs is 2. The maximum absolute atomic E-state index is 6.07. The molecule has 1 aliphatic heterocycles. The Balaban J connectivity index is 0.00000210. The summed E-state index contributed by atoms with van der Waals surface area (Å²) < 4.78 is 11.8. The zero-order valence-corrected chi connectivity index (χ0v) is 18.5. The highest BCUT2D eigenvalue weighted by Crippen LogP contribution is 2.60. The summed E-state index contributed by atoms with van der Waals surface area (Å²) in [4.78, 5) is 4.45. The number of para-hydroxylation sites is 1. The lowest BCUT2D eigenvalue weighted by Crippen LogP contribution is -2.69. The van der Waals surface area contributed by atoms with Crippen molar-refractivity contribution in [3.63, 3.8) is 0 Å². The number of nitrogens with one attached hydrogen (secondary N) is 2. The number of aliphatic imine (C=N–C) groups is 1. The van der Waals surface area contributed by atoms with Gasteiger partial charge in [0.2, 0.25) is 0 Å². The molecule has 2 aliphatic carbocycles. The van der Waals surface area contributed by atoms with Gasteiger partial charge in [0.05, 0.1) is 12.7 Å². The molecule has 4 rings (SSSR count). The van der Waals surface area contributed by atoms with Crippen LogP contribution in [0, 0.1) is 11.3 Å². The molecule has 27 heavy (non-hydrogen) atoms. The predicted molar refractivity (Wildman–Crippen MR) is 119 cm³/mol. The first-order chi connectivity index (χ1) is 12.8. The van der Waals surface area contributed by atoms with Gasteiger partial charge in [0.1, 0.15) is 5.75 Å². The average molecular weight is 485 g/mol. The number of benzene rings is 1. The second kappa shape index (κ2) is 9.45. The van der Waals surface area contributed by atoms with Crippen LogP contribution in [0.15, 0.2) is 35.3 Å². The molecule has 3 unspecified atom stereocenters. The van der Waals surface area contributed by atoms with Gasteiger partial charge in [0, 0.05) is 37.6 Å². The van der Waals surface area contributed by atoms with Crippen molar-refractivity contribution in [1.29, 1.82) is 0 Å². The molecule has 0 aromatic heterocycles. The highest BCUT2D eigenvalue weighted by Gasteiger charge is 2.65. The van der Waals surface area contributed by atoms with Gasteiger partial charge in [0.25, 0.3) is 0 Å². The molecule has 2 saturated carbocycles. The Morgan fingerprint density at radius 3 is 2.78 bits per heavy atom. The van der Waals surface area contributed by atoms with Crippen molar-refractivity contribution >= 4 is 29.9 Å². The van der Waals surface area contributed by atoms with Gasteiger partial charge in [-0.05, 0) is 37.8 Å². The summed E-state index contributed by atoms with van der Waals surface area (Å²) in [6.07, 6.45) is 7.90. The summed E-state index contributed by atoms with van der Waals surface area (Å²) in [5.41, 5.74) is 0.356. The molecule has 1 aromatic rings. The standard InChI is InChI=1S/C21H31N3O2.HI/c1-22-20(23-13-7-14-25-16-8-3-2-4-9-16)24-18-17-10-15-26-19(17)21(18)11-5-6-12-21;/h2-4,8-9,17-19H,5-7,10-15H2,1H3,(H2,22,23,24);1H. The Morgan fingerprint density at radius 2 is 2.04 bits per heavy atom. The van der Waals surface area contributed by atoms with Crippen LogP contribution in [0.2, 0.25) is 0 Å².